The highest BCUT2D eigenvalue weighted by molar-refractivity contribution is 7.14. The van der Waals surface area contributed by atoms with Crippen LogP contribution < -0.4 is 4.74 Å². The highest BCUT2D eigenvalue weighted by atomic mass is 32.1. The van der Waals surface area contributed by atoms with E-state index in [1.165, 1.54) is 11.3 Å². The molecular formula is C22H23N3O4S. The molecule has 2 aromatic heterocycles. The average molecular weight is 426 g/mol. The molecule has 7 nitrogen and oxygen atoms in total. The molecule has 0 radical (unpaired) electrons. The number of carbonyl (C=O) groups is 2. The summed E-state index contributed by atoms with van der Waals surface area (Å²) in [4.78, 5) is 30.8. The maximum atomic E-state index is 13.0. The van der Waals surface area contributed by atoms with Gasteiger partial charge in [-0.3, -0.25) is 9.59 Å². The Kier molecular flexibility index (Phi) is 5.59. The fraction of sp³-hybridized carbons (Fsp3) is 0.318. The molecule has 1 aromatic carbocycles. The zero-order valence-electron chi connectivity index (χ0n) is 17.2. The lowest BCUT2D eigenvalue weighted by Crippen LogP contribution is -2.50. The SMILES string of the molecule is COc1ccc(-c2cc(C(=O)N3CCN(C(=O)c4cc(C)no4)CC3)sc2C)cc1. The molecule has 4 rings (SSSR count). The summed E-state index contributed by atoms with van der Waals surface area (Å²) in [6, 6.07) is 11.4. The summed E-state index contributed by atoms with van der Waals surface area (Å²) in [7, 11) is 1.64. The molecular weight excluding hydrogens is 402 g/mol. The first-order chi connectivity index (χ1) is 14.5. The second-order valence-corrected chi connectivity index (χ2v) is 8.48. The third-order valence-corrected chi connectivity index (χ3v) is 6.26. The molecule has 8 heteroatoms. The number of hydrogen-bond donors (Lipinski definition) is 0. The number of thiophene rings is 1. The zero-order valence-corrected chi connectivity index (χ0v) is 18.0. The number of ether oxygens (including phenoxy) is 1. The van der Waals surface area contributed by atoms with E-state index in [0.29, 0.717) is 36.8 Å². The number of nitrogens with zero attached hydrogens (tertiary/aromatic N) is 3. The van der Waals surface area contributed by atoms with Gasteiger partial charge in [0.25, 0.3) is 11.8 Å². The van der Waals surface area contributed by atoms with Crippen LogP contribution in [0.4, 0.5) is 0 Å². The van der Waals surface area contributed by atoms with Crippen molar-refractivity contribution < 1.29 is 18.8 Å². The summed E-state index contributed by atoms with van der Waals surface area (Å²) in [5.41, 5.74) is 2.79. The van der Waals surface area contributed by atoms with E-state index < -0.39 is 0 Å². The fourth-order valence-corrected chi connectivity index (χ4v) is 4.54. The summed E-state index contributed by atoms with van der Waals surface area (Å²) in [5.74, 6) is 0.864. The Hall–Kier alpha value is -3.13. The third-order valence-electron chi connectivity index (χ3n) is 5.22. The number of carbonyl (C=O) groups excluding carboxylic acids is 2. The van der Waals surface area contributed by atoms with E-state index in [9.17, 15) is 9.59 Å². The maximum Gasteiger partial charge on any atom is 0.292 e. The first kappa shape index (κ1) is 20.2. The predicted octanol–water partition coefficient (Wildman–Crippen LogP) is 3.63. The normalized spacial score (nSPS) is 14.1. The minimum absolute atomic E-state index is 0.00507. The number of amides is 2. The van der Waals surface area contributed by atoms with E-state index in [-0.39, 0.29) is 17.6 Å². The number of hydrogen-bond acceptors (Lipinski definition) is 6. The van der Waals surface area contributed by atoms with Gasteiger partial charge in [-0.15, -0.1) is 11.3 Å². The molecule has 2 amide bonds. The molecule has 0 aliphatic carbocycles. The Labute approximate surface area is 178 Å². The number of rotatable bonds is 4. The quantitative estimate of drug-likeness (QED) is 0.638. The van der Waals surface area contributed by atoms with E-state index in [0.717, 1.165) is 21.8 Å². The Morgan fingerprint density at radius 1 is 1.00 bits per heavy atom. The van der Waals surface area contributed by atoms with Gasteiger partial charge in [-0.2, -0.15) is 0 Å². The topological polar surface area (TPSA) is 75.9 Å². The van der Waals surface area contributed by atoms with Gasteiger partial charge in [0, 0.05) is 37.1 Å². The molecule has 0 atom stereocenters. The molecule has 0 saturated carbocycles. The standard InChI is InChI=1S/C22H23N3O4S/c1-14-12-19(29-23-14)21(26)24-8-10-25(11-9-24)22(27)20-13-18(15(2)30-20)16-4-6-17(28-3)7-5-16/h4-7,12-13H,8-11H2,1-3H3. The van der Waals surface area contributed by atoms with E-state index in [4.69, 9.17) is 9.26 Å². The van der Waals surface area contributed by atoms with Crippen LogP contribution in [-0.4, -0.2) is 60.1 Å². The highest BCUT2D eigenvalue weighted by Crippen LogP contribution is 2.32. The highest BCUT2D eigenvalue weighted by Gasteiger charge is 2.28. The van der Waals surface area contributed by atoms with Crippen LogP contribution in [0, 0.1) is 13.8 Å². The summed E-state index contributed by atoms with van der Waals surface area (Å²) in [6.07, 6.45) is 0. The Morgan fingerprint density at radius 3 is 2.20 bits per heavy atom. The lowest BCUT2D eigenvalue weighted by molar-refractivity contribution is 0.0515. The minimum atomic E-state index is -0.184. The monoisotopic (exact) mass is 425 g/mol. The molecule has 0 N–H and O–H groups in total. The van der Waals surface area contributed by atoms with Gasteiger partial charge < -0.3 is 19.1 Å². The van der Waals surface area contributed by atoms with Gasteiger partial charge >= 0.3 is 0 Å². The number of aromatic nitrogens is 1. The van der Waals surface area contributed by atoms with E-state index >= 15 is 0 Å². The molecule has 0 bridgehead atoms. The minimum Gasteiger partial charge on any atom is -0.497 e. The van der Waals surface area contributed by atoms with Crippen molar-refractivity contribution in [1.82, 2.24) is 15.0 Å². The second-order valence-electron chi connectivity index (χ2n) is 7.23. The molecule has 0 spiro atoms. The average Bonchev–Trinajstić information content (AvgIpc) is 3.38. The van der Waals surface area contributed by atoms with Crippen molar-refractivity contribution in [3.8, 4) is 16.9 Å². The lowest BCUT2D eigenvalue weighted by atomic mass is 10.1. The van der Waals surface area contributed by atoms with Crippen LogP contribution >= 0.6 is 11.3 Å². The molecule has 1 aliphatic rings. The van der Waals surface area contributed by atoms with Crippen molar-refractivity contribution >= 4 is 23.2 Å². The maximum absolute atomic E-state index is 13.0. The Balaban J connectivity index is 1.42. The summed E-state index contributed by atoms with van der Waals surface area (Å²) >= 11 is 1.50. The van der Waals surface area contributed by atoms with Crippen LogP contribution in [-0.2, 0) is 0 Å². The largest absolute Gasteiger partial charge is 0.497 e. The van der Waals surface area contributed by atoms with Crippen LogP contribution in [0.25, 0.3) is 11.1 Å². The summed E-state index contributed by atoms with van der Waals surface area (Å²) < 4.78 is 10.3. The first-order valence-corrected chi connectivity index (χ1v) is 10.5. The van der Waals surface area contributed by atoms with E-state index in [2.05, 4.69) is 5.16 Å². The van der Waals surface area contributed by atoms with Crippen molar-refractivity contribution in [1.29, 1.82) is 0 Å². The third kappa shape index (κ3) is 3.95. The van der Waals surface area contributed by atoms with Gasteiger partial charge in [0.2, 0.25) is 5.76 Å². The molecule has 30 heavy (non-hydrogen) atoms. The molecule has 156 valence electrons. The molecule has 3 heterocycles. The van der Waals surface area contributed by atoms with E-state index in [1.54, 1.807) is 29.9 Å². The summed E-state index contributed by atoms with van der Waals surface area (Å²) in [6.45, 7) is 5.73. The number of piperazine rings is 1. The number of aryl methyl sites for hydroxylation is 2. The second kappa shape index (κ2) is 8.31. The van der Waals surface area contributed by atoms with Crippen molar-refractivity contribution in [2.45, 2.75) is 13.8 Å². The molecule has 1 saturated heterocycles. The van der Waals surface area contributed by atoms with Crippen LogP contribution in [0.15, 0.2) is 40.9 Å². The van der Waals surface area contributed by atoms with Crippen molar-refractivity contribution in [3.05, 3.63) is 57.6 Å². The smallest absolute Gasteiger partial charge is 0.292 e. The van der Waals surface area contributed by atoms with Gasteiger partial charge in [0.1, 0.15) is 5.75 Å². The predicted molar refractivity (Wildman–Crippen MR) is 114 cm³/mol. The van der Waals surface area contributed by atoms with Crippen molar-refractivity contribution in [2.75, 3.05) is 33.3 Å². The van der Waals surface area contributed by atoms with Gasteiger partial charge in [-0.1, -0.05) is 17.3 Å². The van der Waals surface area contributed by atoms with Crippen LogP contribution in [0.1, 0.15) is 30.8 Å². The molecule has 1 fully saturated rings. The molecule has 0 unspecified atom stereocenters. The summed E-state index contributed by atoms with van der Waals surface area (Å²) in [5, 5.41) is 3.77. The molecule has 3 aromatic rings. The molecule has 1 aliphatic heterocycles. The first-order valence-electron chi connectivity index (χ1n) is 9.73. The van der Waals surface area contributed by atoms with E-state index in [1.807, 2.05) is 37.3 Å². The van der Waals surface area contributed by atoms with Crippen molar-refractivity contribution in [2.24, 2.45) is 0 Å². The van der Waals surface area contributed by atoms with Gasteiger partial charge in [-0.25, -0.2) is 0 Å². The lowest BCUT2D eigenvalue weighted by Gasteiger charge is -2.34. The number of methoxy groups -OCH3 is 1. The zero-order chi connectivity index (χ0) is 21.3. The van der Waals surface area contributed by atoms with Gasteiger partial charge in [-0.05, 0) is 43.2 Å². The van der Waals surface area contributed by atoms with Crippen LogP contribution in [0.5, 0.6) is 5.75 Å². The Morgan fingerprint density at radius 2 is 1.63 bits per heavy atom. The van der Waals surface area contributed by atoms with Crippen LogP contribution in [0.2, 0.25) is 0 Å². The number of benzene rings is 1. The van der Waals surface area contributed by atoms with Gasteiger partial charge in [0.15, 0.2) is 0 Å². The van der Waals surface area contributed by atoms with Gasteiger partial charge in [0.05, 0.1) is 17.7 Å². The fourth-order valence-electron chi connectivity index (χ4n) is 3.53. The Bertz CT molecular complexity index is 1060. The van der Waals surface area contributed by atoms with Crippen molar-refractivity contribution in [3.63, 3.8) is 0 Å². The van der Waals surface area contributed by atoms with Crippen LogP contribution in [0.3, 0.4) is 0 Å².